The van der Waals surface area contributed by atoms with Gasteiger partial charge in [0, 0.05) is 11.2 Å². The Bertz CT molecular complexity index is 864. The molecule has 1 atom stereocenters. The van der Waals surface area contributed by atoms with Crippen LogP contribution in [0.4, 0.5) is 0 Å². The molecule has 0 spiro atoms. The number of benzene rings is 1. The highest BCUT2D eigenvalue weighted by molar-refractivity contribution is 6.30. The van der Waals surface area contributed by atoms with E-state index in [9.17, 15) is 9.90 Å². The number of aliphatic hydroxyl groups excluding tert-OH is 1. The topological polar surface area (TPSA) is 77.2 Å². The molecule has 7 heteroatoms. The number of pyridine rings is 1. The highest BCUT2D eigenvalue weighted by atomic mass is 35.5. The van der Waals surface area contributed by atoms with Crippen LogP contribution < -0.4 is 10.3 Å². The molecule has 0 aliphatic rings. The third-order valence-corrected chi connectivity index (χ3v) is 3.51. The lowest BCUT2D eigenvalue weighted by molar-refractivity contribution is 0.0881. The zero-order chi connectivity index (χ0) is 16.2. The lowest BCUT2D eigenvalue weighted by atomic mass is 10.3. The molecule has 1 aromatic carbocycles. The molecule has 1 unspecified atom stereocenters. The maximum Gasteiger partial charge on any atom is 0.276 e. The first-order chi connectivity index (χ1) is 11.1. The molecule has 118 valence electrons. The van der Waals surface area contributed by atoms with Crippen molar-refractivity contribution in [3.63, 3.8) is 0 Å². The highest BCUT2D eigenvalue weighted by Crippen LogP contribution is 2.15. The van der Waals surface area contributed by atoms with Crippen molar-refractivity contribution >= 4 is 22.5 Å². The van der Waals surface area contributed by atoms with Gasteiger partial charge in [0.1, 0.15) is 18.5 Å². The number of aliphatic hydroxyl groups is 1. The second-order valence-electron chi connectivity index (χ2n) is 4.99. The minimum Gasteiger partial charge on any atom is -0.491 e. The van der Waals surface area contributed by atoms with E-state index in [4.69, 9.17) is 16.3 Å². The number of hydrogen-bond acceptors (Lipinski definition) is 5. The van der Waals surface area contributed by atoms with Crippen molar-refractivity contribution < 1.29 is 9.84 Å². The molecule has 6 nitrogen and oxygen atoms in total. The van der Waals surface area contributed by atoms with E-state index in [1.807, 2.05) is 0 Å². The number of hydrogen-bond donors (Lipinski definition) is 1. The summed E-state index contributed by atoms with van der Waals surface area (Å²) < 4.78 is 6.67. The third-order valence-electron chi connectivity index (χ3n) is 3.26. The van der Waals surface area contributed by atoms with Crippen LogP contribution in [0.5, 0.6) is 5.75 Å². The van der Waals surface area contributed by atoms with Crippen LogP contribution in [0.25, 0.3) is 10.9 Å². The van der Waals surface area contributed by atoms with Crippen molar-refractivity contribution in [1.29, 1.82) is 0 Å². The summed E-state index contributed by atoms with van der Waals surface area (Å²) in [7, 11) is 0. The predicted octanol–water partition coefficient (Wildman–Crippen LogP) is 1.88. The molecule has 23 heavy (non-hydrogen) atoms. The van der Waals surface area contributed by atoms with Crippen LogP contribution >= 0.6 is 11.6 Å². The number of halogens is 1. The van der Waals surface area contributed by atoms with E-state index < -0.39 is 6.10 Å². The van der Waals surface area contributed by atoms with Gasteiger partial charge in [0.2, 0.25) is 0 Å². The van der Waals surface area contributed by atoms with Crippen LogP contribution in [0.2, 0.25) is 5.02 Å². The Morgan fingerprint density at radius 1 is 1.26 bits per heavy atom. The second kappa shape index (κ2) is 6.76. The molecule has 0 aliphatic heterocycles. The summed E-state index contributed by atoms with van der Waals surface area (Å²) in [6.07, 6.45) is 2.23. The molecule has 2 heterocycles. The van der Waals surface area contributed by atoms with Gasteiger partial charge in [-0.2, -0.15) is 5.10 Å². The largest absolute Gasteiger partial charge is 0.491 e. The first-order valence-electron chi connectivity index (χ1n) is 7.01. The van der Waals surface area contributed by atoms with Crippen molar-refractivity contribution in [3.05, 3.63) is 64.2 Å². The Kier molecular flexibility index (Phi) is 4.55. The molecular weight excluding hydrogens is 318 g/mol. The van der Waals surface area contributed by atoms with E-state index in [0.717, 1.165) is 0 Å². The molecule has 0 fully saturated rings. The van der Waals surface area contributed by atoms with E-state index in [2.05, 4.69) is 10.1 Å². The maximum absolute atomic E-state index is 12.3. The Morgan fingerprint density at radius 3 is 2.83 bits per heavy atom. The summed E-state index contributed by atoms with van der Waals surface area (Å²) in [4.78, 5) is 16.3. The fourth-order valence-electron chi connectivity index (χ4n) is 2.12. The average molecular weight is 332 g/mol. The number of nitrogens with zero attached hydrogens (tertiary/aromatic N) is 3. The minimum absolute atomic E-state index is 0.0389. The Labute approximate surface area is 136 Å². The molecule has 3 aromatic rings. The first kappa shape index (κ1) is 15.5. The van der Waals surface area contributed by atoms with Crippen LogP contribution in [0.1, 0.15) is 0 Å². The van der Waals surface area contributed by atoms with Crippen LogP contribution in [0, 0.1) is 0 Å². The number of rotatable bonds is 5. The summed E-state index contributed by atoms with van der Waals surface area (Å²) in [5.41, 5.74) is 0.238. The quantitative estimate of drug-likeness (QED) is 0.772. The molecule has 0 radical (unpaired) electrons. The number of ether oxygens (including phenoxy) is 1. The van der Waals surface area contributed by atoms with Gasteiger partial charge >= 0.3 is 0 Å². The van der Waals surface area contributed by atoms with Crippen molar-refractivity contribution in [2.45, 2.75) is 12.6 Å². The van der Waals surface area contributed by atoms with Gasteiger partial charge in [-0.1, -0.05) is 11.6 Å². The van der Waals surface area contributed by atoms with Gasteiger partial charge in [0.05, 0.1) is 23.6 Å². The second-order valence-corrected chi connectivity index (χ2v) is 5.42. The summed E-state index contributed by atoms with van der Waals surface area (Å²) in [5.74, 6) is 0.594. The van der Waals surface area contributed by atoms with E-state index in [0.29, 0.717) is 21.7 Å². The molecule has 0 amide bonds. The first-order valence-corrected chi connectivity index (χ1v) is 7.38. The van der Waals surface area contributed by atoms with Gasteiger partial charge in [-0.15, -0.1) is 0 Å². The van der Waals surface area contributed by atoms with Gasteiger partial charge in [-0.3, -0.25) is 9.78 Å². The molecule has 0 saturated carbocycles. The molecule has 2 aromatic heterocycles. The highest BCUT2D eigenvalue weighted by Gasteiger charge is 2.11. The zero-order valence-electron chi connectivity index (χ0n) is 12.1. The van der Waals surface area contributed by atoms with Crippen LogP contribution in [0.15, 0.2) is 53.6 Å². The normalized spacial score (nSPS) is 12.3. The molecular formula is C16H14ClN3O3. The molecule has 1 N–H and O–H groups in total. The van der Waals surface area contributed by atoms with Crippen LogP contribution in [0.3, 0.4) is 0 Å². The fraction of sp³-hybridized carbons (Fsp3) is 0.188. The standard InChI is InChI=1S/C16H14ClN3O3/c17-11-3-5-13(6-4-11)23-10-12(21)9-20-16(22)14-2-1-7-18-15(14)8-19-20/h1-8,12,21H,9-10H2. The van der Waals surface area contributed by atoms with Crippen molar-refractivity contribution in [1.82, 2.24) is 14.8 Å². The Morgan fingerprint density at radius 2 is 2.04 bits per heavy atom. The van der Waals surface area contributed by atoms with Crippen molar-refractivity contribution in [2.24, 2.45) is 0 Å². The summed E-state index contributed by atoms with van der Waals surface area (Å²) >= 11 is 5.79. The number of fused-ring (bicyclic) bond motifs is 1. The van der Waals surface area contributed by atoms with Gasteiger partial charge in [-0.05, 0) is 36.4 Å². The third kappa shape index (κ3) is 3.67. The number of aromatic nitrogens is 3. The van der Waals surface area contributed by atoms with Crippen molar-refractivity contribution in [2.75, 3.05) is 6.61 Å². The molecule has 0 aliphatic carbocycles. The van der Waals surface area contributed by atoms with Gasteiger partial charge < -0.3 is 9.84 Å². The maximum atomic E-state index is 12.3. The van der Waals surface area contributed by atoms with Gasteiger partial charge in [0.15, 0.2) is 0 Å². The lowest BCUT2D eigenvalue weighted by Crippen LogP contribution is -2.31. The summed E-state index contributed by atoms with van der Waals surface area (Å²) in [6.45, 7) is 0.0814. The monoisotopic (exact) mass is 331 g/mol. The van der Waals surface area contributed by atoms with Gasteiger partial charge in [-0.25, -0.2) is 4.68 Å². The van der Waals surface area contributed by atoms with E-state index >= 15 is 0 Å². The van der Waals surface area contributed by atoms with Crippen LogP contribution in [-0.2, 0) is 6.54 Å². The predicted molar refractivity (Wildman–Crippen MR) is 86.8 cm³/mol. The molecule has 3 rings (SSSR count). The minimum atomic E-state index is -0.870. The fourth-order valence-corrected chi connectivity index (χ4v) is 2.25. The Balaban J connectivity index is 1.68. The lowest BCUT2D eigenvalue weighted by Gasteiger charge is -2.13. The van der Waals surface area contributed by atoms with E-state index in [-0.39, 0.29) is 18.7 Å². The molecule has 0 saturated heterocycles. The summed E-state index contributed by atoms with van der Waals surface area (Å²) in [5, 5.41) is 15.1. The molecule has 0 bridgehead atoms. The smallest absolute Gasteiger partial charge is 0.276 e. The SMILES string of the molecule is O=c1c2cccnc2cnn1CC(O)COc1ccc(Cl)cc1. The van der Waals surface area contributed by atoms with Crippen LogP contribution in [-0.4, -0.2) is 32.6 Å². The Hall–Kier alpha value is -2.44. The zero-order valence-corrected chi connectivity index (χ0v) is 12.8. The van der Waals surface area contributed by atoms with Gasteiger partial charge in [0.25, 0.3) is 5.56 Å². The average Bonchev–Trinajstić information content (AvgIpc) is 2.57. The van der Waals surface area contributed by atoms with E-state index in [1.165, 1.54) is 10.9 Å². The van der Waals surface area contributed by atoms with Crippen molar-refractivity contribution in [3.8, 4) is 5.75 Å². The van der Waals surface area contributed by atoms with E-state index in [1.54, 1.807) is 42.6 Å². The summed E-state index contributed by atoms with van der Waals surface area (Å²) in [6, 6.07) is 10.2.